The number of aryl methyl sites for hydroxylation is 1. The van der Waals surface area contributed by atoms with Crippen molar-refractivity contribution in [2.45, 2.75) is 19.0 Å². The third kappa shape index (κ3) is 3.67. The summed E-state index contributed by atoms with van der Waals surface area (Å²) in [6, 6.07) is 10.1. The summed E-state index contributed by atoms with van der Waals surface area (Å²) in [5.74, 6) is -0.524. The lowest BCUT2D eigenvalue weighted by Crippen LogP contribution is -2.43. The fourth-order valence-corrected chi connectivity index (χ4v) is 3.56. The zero-order valence-electron chi connectivity index (χ0n) is 17.2. The second-order valence-corrected chi connectivity index (χ2v) is 7.16. The molecular weight excluding hydrogens is 402 g/mol. The van der Waals surface area contributed by atoms with Gasteiger partial charge in [-0.05, 0) is 31.2 Å². The van der Waals surface area contributed by atoms with Crippen molar-refractivity contribution in [2.75, 3.05) is 31.0 Å². The SMILES string of the molecule is COc1ccc(N2C(=O)[C@H]3N=NN(CC(=O)Nc4ccc(C)cc4)[C@H]3C2=O)cc1OC. The molecule has 0 radical (unpaired) electrons. The Morgan fingerprint density at radius 3 is 2.42 bits per heavy atom. The Bertz CT molecular complexity index is 1070. The summed E-state index contributed by atoms with van der Waals surface area (Å²) in [5.41, 5.74) is 2.03. The Balaban J connectivity index is 1.50. The van der Waals surface area contributed by atoms with Gasteiger partial charge in [0.15, 0.2) is 23.6 Å². The van der Waals surface area contributed by atoms with Crippen LogP contribution in [0.2, 0.25) is 0 Å². The van der Waals surface area contributed by atoms with E-state index in [0.717, 1.165) is 10.5 Å². The van der Waals surface area contributed by atoms with Gasteiger partial charge in [-0.2, -0.15) is 5.11 Å². The third-order valence-corrected chi connectivity index (χ3v) is 5.12. The lowest BCUT2D eigenvalue weighted by molar-refractivity contribution is -0.123. The molecule has 2 aliphatic heterocycles. The summed E-state index contributed by atoms with van der Waals surface area (Å²) in [5, 5.41) is 11.8. The first-order valence-electron chi connectivity index (χ1n) is 9.56. The Kier molecular flexibility index (Phi) is 5.28. The predicted molar refractivity (Wildman–Crippen MR) is 111 cm³/mol. The van der Waals surface area contributed by atoms with E-state index in [2.05, 4.69) is 15.7 Å². The molecule has 1 fully saturated rings. The minimum absolute atomic E-state index is 0.211. The van der Waals surface area contributed by atoms with Gasteiger partial charge in [0.25, 0.3) is 11.8 Å². The number of ether oxygens (including phenoxy) is 2. The number of carbonyl (C=O) groups is 3. The molecule has 10 heteroatoms. The Labute approximate surface area is 178 Å². The Hall–Kier alpha value is -3.95. The van der Waals surface area contributed by atoms with Gasteiger partial charge in [-0.15, -0.1) is 0 Å². The molecular formula is C21H21N5O5. The molecule has 0 aliphatic carbocycles. The van der Waals surface area contributed by atoms with Gasteiger partial charge in [0, 0.05) is 11.8 Å². The zero-order chi connectivity index (χ0) is 22.1. The lowest BCUT2D eigenvalue weighted by Gasteiger charge is -2.20. The second kappa shape index (κ2) is 8.05. The van der Waals surface area contributed by atoms with Crippen LogP contribution in [0.5, 0.6) is 11.5 Å². The molecule has 0 saturated carbocycles. The molecule has 2 aliphatic rings. The van der Waals surface area contributed by atoms with E-state index in [1.54, 1.807) is 30.3 Å². The van der Waals surface area contributed by atoms with E-state index in [9.17, 15) is 14.4 Å². The van der Waals surface area contributed by atoms with Crippen LogP contribution in [0.15, 0.2) is 52.8 Å². The molecule has 2 heterocycles. The van der Waals surface area contributed by atoms with Gasteiger partial charge in [0.05, 0.1) is 19.9 Å². The normalized spacial score (nSPS) is 19.6. The molecule has 31 heavy (non-hydrogen) atoms. The number of amides is 3. The fraction of sp³-hybridized carbons (Fsp3) is 0.286. The van der Waals surface area contributed by atoms with Gasteiger partial charge in [-0.1, -0.05) is 22.9 Å². The molecule has 2 aromatic rings. The molecule has 4 rings (SSSR count). The lowest BCUT2D eigenvalue weighted by atomic mass is 10.1. The first-order chi connectivity index (χ1) is 14.9. The average Bonchev–Trinajstić information content (AvgIpc) is 3.28. The number of anilines is 2. The molecule has 160 valence electrons. The number of rotatable bonds is 6. The highest BCUT2D eigenvalue weighted by Crippen LogP contribution is 2.36. The van der Waals surface area contributed by atoms with Gasteiger partial charge < -0.3 is 14.8 Å². The van der Waals surface area contributed by atoms with Gasteiger partial charge in [0.2, 0.25) is 5.91 Å². The highest BCUT2D eigenvalue weighted by Gasteiger charge is 2.55. The molecule has 1 saturated heterocycles. The second-order valence-electron chi connectivity index (χ2n) is 7.16. The first-order valence-corrected chi connectivity index (χ1v) is 9.56. The highest BCUT2D eigenvalue weighted by atomic mass is 16.5. The molecule has 0 bridgehead atoms. The maximum atomic E-state index is 13.1. The van der Waals surface area contributed by atoms with Crippen LogP contribution in [0.25, 0.3) is 0 Å². The van der Waals surface area contributed by atoms with Crippen molar-refractivity contribution >= 4 is 29.1 Å². The number of nitrogens with one attached hydrogen (secondary N) is 1. The molecule has 0 spiro atoms. The van der Waals surface area contributed by atoms with E-state index < -0.39 is 23.9 Å². The van der Waals surface area contributed by atoms with Crippen LogP contribution in [-0.2, 0) is 14.4 Å². The van der Waals surface area contributed by atoms with Crippen molar-refractivity contribution < 1.29 is 23.9 Å². The van der Waals surface area contributed by atoms with E-state index in [1.807, 2.05) is 19.1 Å². The van der Waals surface area contributed by atoms with Crippen molar-refractivity contribution in [2.24, 2.45) is 10.3 Å². The maximum absolute atomic E-state index is 13.1. The standard InChI is InChI=1S/C21H21N5O5/c1-12-4-6-13(7-5-12)22-17(27)11-25-19-18(23-24-25)20(28)26(21(19)29)14-8-9-15(30-2)16(10-14)31-3/h4-10,18-19H,11H2,1-3H3,(H,22,27)/t18-,19+/m0/s1. The number of fused-ring (bicyclic) bond motifs is 1. The number of methoxy groups -OCH3 is 2. The fourth-order valence-electron chi connectivity index (χ4n) is 3.56. The largest absolute Gasteiger partial charge is 0.493 e. The summed E-state index contributed by atoms with van der Waals surface area (Å²) in [6.07, 6.45) is 0. The van der Waals surface area contributed by atoms with Crippen LogP contribution in [-0.4, -0.2) is 55.6 Å². The van der Waals surface area contributed by atoms with Crippen molar-refractivity contribution in [1.82, 2.24) is 5.01 Å². The molecule has 0 unspecified atom stereocenters. The van der Waals surface area contributed by atoms with Crippen molar-refractivity contribution in [3.05, 3.63) is 48.0 Å². The quantitative estimate of drug-likeness (QED) is 0.711. The third-order valence-electron chi connectivity index (χ3n) is 5.12. The van der Waals surface area contributed by atoms with Crippen molar-refractivity contribution in [3.63, 3.8) is 0 Å². The van der Waals surface area contributed by atoms with E-state index in [4.69, 9.17) is 9.47 Å². The van der Waals surface area contributed by atoms with Crippen LogP contribution >= 0.6 is 0 Å². The van der Waals surface area contributed by atoms with Crippen LogP contribution in [0.4, 0.5) is 11.4 Å². The summed E-state index contributed by atoms with van der Waals surface area (Å²) < 4.78 is 10.5. The molecule has 1 N–H and O–H groups in total. The van der Waals surface area contributed by atoms with E-state index in [-0.39, 0.29) is 12.5 Å². The predicted octanol–water partition coefficient (Wildman–Crippen LogP) is 1.94. The van der Waals surface area contributed by atoms with E-state index in [1.165, 1.54) is 19.2 Å². The maximum Gasteiger partial charge on any atom is 0.263 e. The number of carbonyl (C=O) groups excluding carboxylic acids is 3. The van der Waals surface area contributed by atoms with E-state index in [0.29, 0.717) is 22.9 Å². The van der Waals surface area contributed by atoms with Crippen LogP contribution in [0.3, 0.4) is 0 Å². The van der Waals surface area contributed by atoms with Gasteiger partial charge >= 0.3 is 0 Å². The first kappa shape index (κ1) is 20.3. The van der Waals surface area contributed by atoms with Gasteiger partial charge in [0.1, 0.15) is 6.54 Å². The Morgan fingerprint density at radius 1 is 1.03 bits per heavy atom. The van der Waals surface area contributed by atoms with Gasteiger partial charge in [-0.3, -0.25) is 19.4 Å². The molecule has 3 amide bonds. The smallest absolute Gasteiger partial charge is 0.263 e. The van der Waals surface area contributed by atoms with Crippen LogP contribution < -0.4 is 19.7 Å². The summed E-state index contributed by atoms with van der Waals surface area (Å²) in [7, 11) is 2.96. The molecule has 2 atom stereocenters. The van der Waals surface area contributed by atoms with Crippen molar-refractivity contribution in [1.29, 1.82) is 0 Å². The molecule has 10 nitrogen and oxygen atoms in total. The minimum Gasteiger partial charge on any atom is -0.493 e. The monoisotopic (exact) mass is 423 g/mol. The highest BCUT2D eigenvalue weighted by molar-refractivity contribution is 6.25. The van der Waals surface area contributed by atoms with Gasteiger partial charge in [-0.25, -0.2) is 4.90 Å². The molecule has 2 aromatic carbocycles. The summed E-state index contributed by atoms with van der Waals surface area (Å²) >= 11 is 0. The zero-order valence-corrected chi connectivity index (χ0v) is 17.2. The topological polar surface area (TPSA) is 113 Å². The number of imide groups is 1. The molecule has 0 aromatic heterocycles. The number of nitrogens with zero attached hydrogens (tertiary/aromatic N) is 4. The number of hydrogen-bond acceptors (Lipinski definition) is 8. The van der Waals surface area contributed by atoms with Crippen molar-refractivity contribution in [3.8, 4) is 11.5 Å². The Morgan fingerprint density at radius 2 is 1.74 bits per heavy atom. The van der Waals surface area contributed by atoms with Crippen LogP contribution in [0.1, 0.15) is 5.56 Å². The van der Waals surface area contributed by atoms with Crippen LogP contribution in [0, 0.1) is 6.92 Å². The number of benzene rings is 2. The summed E-state index contributed by atoms with van der Waals surface area (Å²) in [6.45, 7) is 1.74. The van der Waals surface area contributed by atoms with E-state index >= 15 is 0 Å². The minimum atomic E-state index is -0.993. The number of hydrogen-bond donors (Lipinski definition) is 1. The average molecular weight is 423 g/mol. The summed E-state index contributed by atoms with van der Waals surface area (Å²) in [4.78, 5) is 39.4.